The van der Waals surface area contributed by atoms with Gasteiger partial charge in [-0.25, -0.2) is 0 Å². The minimum atomic E-state index is -0.584. The first-order valence-corrected chi connectivity index (χ1v) is 5.61. The summed E-state index contributed by atoms with van der Waals surface area (Å²) in [6.45, 7) is 6.14. The molecule has 0 saturated carbocycles. The summed E-state index contributed by atoms with van der Waals surface area (Å²) < 4.78 is 5.87. The van der Waals surface area contributed by atoms with Crippen molar-refractivity contribution in [2.75, 3.05) is 0 Å². The second kappa shape index (κ2) is 3.81. The van der Waals surface area contributed by atoms with Gasteiger partial charge in [-0.3, -0.25) is 4.79 Å². The molecule has 1 amide bonds. The van der Waals surface area contributed by atoms with Gasteiger partial charge in [0.2, 0.25) is 0 Å². The number of nitrogens with one attached hydrogen (secondary N) is 1. The number of ether oxygens (including phenoxy) is 1. The summed E-state index contributed by atoms with van der Waals surface area (Å²) in [6, 6.07) is 7.34. The Kier molecular flexibility index (Phi) is 2.62. The number of carbonyl (C=O) groups excluding carboxylic acids is 1. The molecule has 1 aliphatic rings. The maximum absolute atomic E-state index is 11.9. The minimum Gasteiger partial charge on any atom is -0.468 e. The van der Waals surface area contributed by atoms with Gasteiger partial charge in [-0.15, -0.1) is 0 Å². The summed E-state index contributed by atoms with van der Waals surface area (Å²) in [5.74, 6) is 1.09. The molecule has 1 aromatic carbocycles. The molecule has 0 radical (unpaired) electrons. The molecule has 0 aromatic heterocycles. The second-order valence-electron chi connectivity index (χ2n) is 4.88. The van der Waals surface area contributed by atoms with Crippen molar-refractivity contribution >= 4 is 5.91 Å². The summed E-state index contributed by atoms with van der Waals surface area (Å²) in [5.41, 5.74) is 0.0308. The van der Waals surface area contributed by atoms with Crippen LogP contribution in [0.5, 0.6) is 5.75 Å². The number of hydrogen-bond acceptors (Lipinski definition) is 2. The number of amides is 1. The van der Waals surface area contributed by atoms with Crippen molar-refractivity contribution < 1.29 is 9.53 Å². The lowest BCUT2D eigenvalue weighted by Crippen LogP contribution is -2.54. The molecule has 2 rings (SSSR count). The van der Waals surface area contributed by atoms with Gasteiger partial charge in [0.05, 0.1) is 5.56 Å². The maximum atomic E-state index is 11.9. The maximum Gasteiger partial charge on any atom is 0.258 e. The molecule has 86 valence electrons. The van der Waals surface area contributed by atoms with Crippen molar-refractivity contribution in [3.05, 3.63) is 29.8 Å². The predicted molar refractivity (Wildman–Crippen MR) is 62.4 cm³/mol. The smallest absolute Gasteiger partial charge is 0.258 e. The van der Waals surface area contributed by atoms with Gasteiger partial charge in [-0.2, -0.15) is 0 Å². The molecule has 1 atom stereocenters. The summed E-state index contributed by atoms with van der Waals surface area (Å²) >= 11 is 0. The van der Waals surface area contributed by atoms with Crippen LogP contribution in [0.1, 0.15) is 37.6 Å². The van der Waals surface area contributed by atoms with Crippen LogP contribution in [0.2, 0.25) is 0 Å². The first-order valence-electron chi connectivity index (χ1n) is 5.61. The molecule has 3 heteroatoms. The predicted octanol–water partition coefficient (Wildman–Crippen LogP) is 2.57. The van der Waals surface area contributed by atoms with Crippen molar-refractivity contribution in [1.29, 1.82) is 0 Å². The lowest BCUT2D eigenvalue weighted by Gasteiger charge is -2.37. The summed E-state index contributed by atoms with van der Waals surface area (Å²) in [6.07, 6.45) is 0.799. The Morgan fingerprint density at radius 3 is 2.75 bits per heavy atom. The Bertz CT molecular complexity index is 414. The van der Waals surface area contributed by atoms with E-state index < -0.39 is 5.72 Å². The fourth-order valence-corrected chi connectivity index (χ4v) is 2.19. The van der Waals surface area contributed by atoms with Crippen LogP contribution < -0.4 is 10.1 Å². The molecule has 1 N–H and O–H groups in total. The zero-order valence-corrected chi connectivity index (χ0v) is 9.91. The SMILES string of the molecule is CC(C)C[C@]1(C)NC(=O)c2ccccc2O1. The zero-order chi connectivity index (χ0) is 11.8. The van der Waals surface area contributed by atoms with Gasteiger partial charge >= 0.3 is 0 Å². The van der Waals surface area contributed by atoms with E-state index in [0.717, 1.165) is 6.42 Å². The van der Waals surface area contributed by atoms with E-state index in [-0.39, 0.29) is 5.91 Å². The van der Waals surface area contributed by atoms with E-state index >= 15 is 0 Å². The molecule has 3 nitrogen and oxygen atoms in total. The lowest BCUT2D eigenvalue weighted by molar-refractivity contribution is 0.0176. The molecule has 1 aliphatic heterocycles. The van der Waals surface area contributed by atoms with Crippen molar-refractivity contribution in [1.82, 2.24) is 5.32 Å². The molecule has 1 heterocycles. The Hall–Kier alpha value is -1.51. The number of para-hydroxylation sites is 1. The van der Waals surface area contributed by atoms with Crippen molar-refractivity contribution in [3.63, 3.8) is 0 Å². The van der Waals surface area contributed by atoms with Crippen LogP contribution in [0.3, 0.4) is 0 Å². The molecule has 0 bridgehead atoms. The standard InChI is InChI=1S/C13H17NO2/c1-9(2)8-13(3)14-12(15)10-6-4-5-7-11(10)16-13/h4-7,9H,8H2,1-3H3,(H,14,15)/t13-/m1/s1. The average molecular weight is 219 g/mol. The van der Waals surface area contributed by atoms with E-state index in [4.69, 9.17) is 4.74 Å². The molecule has 1 aromatic rings. The van der Waals surface area contributed by atoms with Crippen molar-refractivity contribution in [3.8, 4) is 5.75 Å². The van der Waals surface area contributed by atoms with E-state index in [9.17, 15) is 4.79 Å². The van der Waals surface area contributed by atoms with Gasteiger partial charge in [0, 0.05) is 6.42 Å². The highest BCUT2D eigenvalue weighted by Gasteiger charge is 2.35. The van der Waals surface area contributed by atoms with E-state index in [2.05, 4.69) is 19.2 Å². The normalized spacial score (nSPS) is 23.6. The van der Waals surface area contributed by atoms with Gasteiger partial charge in [0.25, 0.3) is 5.91 Å². The molecule has 0 saturated heterocycles. The van der Waals surface area contributed by atoms with Crippen molar-refractivity contribution in [2.45, 2.75) is 32.9 Å². The third-order valence-corrected chi connectivity index (χ3v) is 2.64. The second-order valence-corrected chi connectivity index (χ2v) is 4.88. The molecular formula is C13H17NO2. The highest BCUT2D eigenvalue weighted by Crippen LogP contribution is 2.30. The topological polar surface area (TPSA) is 38.3 Å². The van der Waals surface area contributed by atoms with E-state index in [0.29, 0.717) is 17.2 Å². The first kappa shape index (κ1) is 11.0. The van der Waals surface area contributed by atoms with Gasteiger partial charge < -0.3 is 10.1 Å². The Balaban J connectivity index is 2.30. The molecular weight excluding hydrogens is 202 g/mol. The van der Waals surface area contributed by atoms with Crippen LogP contribution >= 0.6 is 0 Å². The molecule has 0 aliphatic carbocycles. The summed E-state index contributed by atoms with van der Waals surface area (Å²) in [7, 11) is 0. The zero-order valence-electron chi connectivity index (χ0n) is 9.91. The minimum absolute atomic E-state index is 0.0509. The average Bonchev–Trinajstić information content (AvgIpc) is 2.15. The monoisotopic (exact) mass is 219 g/mol. The number of fused-ring (bicyclic) bond motifs is 1. The fourth-order valence-electron chi connectivity index (χ4n) is 2.19. The number of hydrogen-bond donors (Lipinski definition) is 1. The third-order valence-electron chi connectivity index (χ3n) is 2.64. The summed E-state index contributed by atoms with van der Waals surface area (Å²) in [4.78, 5) is 11.9. The number of benzene rings is 1. The van der Waals surface area contributed by atoms with Gasteiger partial charge in [-0.05, 0) is 25.0 Å². The van der Waals surface area contributed by atoms with Crippen LogP contribution in [0, 0.1) is 5.92 Å². The molecule has 16 heavy (non-hydrogen) atoms. The van der Waals surface area contributed by atoms with Gasteiger partial charge in [0.15, 0.2) is 5.72 Å². The Labute approximate surface area is 95.8 Å². The molecule has 0 unspecified atom stereocenters. The van der Waals surface area contributed by atoms with Crippen molar-refractivity contribution in [2.24, 2.45) is 5.92 Å². The third kappa shape index (κ3) is 2.03. The lowest BCUT2D eigenvalue weighted by atomic mass is 9.99. The van der Waals surface area contributed by atoms with E-state index in [1.807, 2.05) is 25.1 Å². The number of carbonyl (C=O) groups is 1. The van der Waals surface area contributed by atoms with E-state index in [1.165, 1.54) is 0 Å². The van der Waals surface area contributed by atoms with Gasteiger partial charge in [-0.1, -0.05) is 26.0 Å². The largest absolute Gasteiger partial charge is 0.468 e. The van der Waals surface area contributed by atoms with E-state index in [1.54, 1.807) is 6.07 Å². The quantitative estimate of drug-likeness (QED) is 0.830. The van der Waals surface area contributed by atoms with Crippen LogP contribution in [0.15, 0.2) is 24.3 Å². The Morgan fingerprint density at radius 1 is 1.38 bits per heavy atom. The highest BCUT2D eigenvalue weighted by atomic mass is 16.5. The van der Waals surface area contributed by atoms with Gasteiger partial charge in [0.1, 0.15) is 5.75 Å². The molecule has 0 fully saturated rings. The van der Waals surface area contributed by atoms with Crippen LogP contribution in [-0.2, 0) is 0 Å². The molecule has 0 spiro atoms. The highest BCUT2D eigenvalue weighted by molar-refractivity contribution is 5.98. The van der Waals surface area contributed by atoms with Crippen LogP contribution in [0.25, 0.3) is 0 Å². The fraction of sp³-hybridized carbons (Fsp3) is 0.462. The Morgan fingerprint density at radius 2 is 2.06 bits per heavy atom. The number of rotatable bonds is 2. The van der Waals surface area contributed by atoms with Crippen LogP contribution in [-0.4, -0.2) is 11.6 Å². The van der Waals surface area contributed by atoms with Crippen LogP contribution in [0.4, 0.5) is 0 Å². The summed E-state index contributed by atoms with van der Waals surface area (Å²) in [5, 5.41) is 2.92. The first-order chi connectivity index (χ1) is 7.50.